The van der Waals surface area contributed by atoms with Crippen LogP contribution in [0.4, 0.5) is 10.5 Å². The van der Waals surface area contributed by atoms with Crippen molar-refractivity contribution in [3.05, 3.63) is 24.0 Å². The molecule has 0 aromatic carbocycles. The molecule has 1 atom stereocenters. The molecule has 0 fully saturated rings. The van der Waals surface area contributed by atoms with E-state index in [9.17, 15) is 9.59 Å². The summed E-state index contributed by atoms with van der Waals surface area (Å²) in [4.78, 5) is 26.1. The van der Waals surface area contributed by atoms with Gasteiger partial charge in [-0.1, -0.05) is 6.92 Å². The number of anilines is 1. The van der Waals surface area contributed by atoms with Crippen LogP contribution in [0.5, 0.6) is 0 Å². The van der Waals surface area contributed by atoms with Gasteiger partial charge in [-0.05, 0) is 25.0 Å². The van der Waals surface area contributed by atoms with Crippen LogP contribution in [0.15, 0.2) is 18.5 Å². The number of aromatic nitrogens is 1. The van der Waals surface area contributed by atoms with Crippen molar-refractivity contribution in [2.24, 2.45) is 0 Å². The molecule has 1 rings (SSSR count). The molecule has 0 radical (unpaired) electrons. The molecule has 0 bridgehead atoms. The average molecular weight is 237 g/mol. The van der Waals surface area contributed by atoms with Crippen LogP contribution in [0.2, 0.25) is 0 Å². The molecule has 1 aromatic heterocycles. The maximum atomic E-state index is 11.5. The zero-order valence-electron chi connectivity index (χ0n) is 9.73. The number of carbonyl (C=O) groups excluding carboxylic acids is 1. The quantitative estimate of drug-likeness (QED) is 0.737. The van der Waals surface area contributed by atoms with Crippen molar-refractivity contribution < 1.29 is 14.7 Å². The zero-order valence-corrected chi connectivity index (χ0v) is 9.73. The summed E-state index contributed by atoms with van der Waals surface area (Å²) in [5.74, 6) is -1.05. The summed E-state index contributed by atoms with van der Waals surface area (Å²) in [6.45, 7) is 3.51. The number of carboxylic acid groups (broad SMARTS) is 1. The van der Waals surface area contributed by atoms with E-state index in [1.807, 2.05) is 6.92 Å². The monoisotopic (exact) mass is 237 g/mol. The summed E-state index contributed by atoms with van der Waals surface area (Å²) in [7, 11) is 0. The highest BCUT2D eigenvalue weighted by Gasteiger charge is 2.17. The fourth-order valence-corrected chi connectivity index (χ4v) is 1.25. The molecule has 2 amide bonds. The number of urea groups is 1. The van der Waals surface area contributed by atoms with Crippen molar-refractivity contribution >= 4 is 17.7 Å². The predicted molar refractivity (Wildman–Crippen MR) is 62.8 cm³/mol. The number of aryl methyl sites for hydroxylation is 1. The number of carboxylic acids is 1. The van der Waals surface area contributed by atoms with E-state index >= 15 is 0 Å². The van der Waals surface area contributed by atoms with Crippen molar-refractivity contribution in [1.29, 1.82) is 0 Å². The third-order valence-corrected chi connectivity index (χ3v) is 2.30. The van der Waals surface area contributed by atoms with Crippen LogP contribution in [-0.2, 0) is 4.79 Å². The average Bonchev–Trinajstić information content (AvgIpc) is 2.28. The van der Waals surface area contributed by atoms with Crippen molar-refractivity contribution in [3.63, 3.8) is 0 Å². The van der Waals surface area contributed by atoms with Gasteiger partial charge < -0.3 is 15.7 Å². The molecule has 1 unspecified atom stereocenters. The largest absolute Gasteiger partial charge is 0.480 e. The van der Waals surface area contributed by atoms with Crippen molar-refractivity contribution in [3.8, 4) is 0 Å². The minimum Gasteiger partial charge on any atom is -0.480 e. The second kappa shape index (κ2) is 5.83. The number of carbonyl (C=O) groups is 2. The van der Waals surface area contributed by atoms with Gasteiger partial charge >= 0.3 is 12.0 Å². The van der Waals surface area contributed by atoms with Gasteiger partial charge in [-0.2, -0.15) is 0 Å². The molecule has 0 saturated heterocycles. The Morgan fingerprint density at radius 1 is 1.53 bits per heavy atom. The van der Waals surface area contributed by atoms with E-state index in [2.05, 4.69) is 15.6 Å². The van der Waals surface area contributed by atoms with Crippen molar-refractivity contribution in [2.45, 2.75) is 26.3 Å². The Bertz CT molecular complexity index is 420. The summed E-state index contributed by atoms with van der Waals surface area (Å²) >= 11 is 0. The fraction of sp³-hybridized carbons (Fsp3) is 0.364. The lowest BCUT2D eigenvalue weighted by Gasteiger charge is -2.13. The molecule has 1 heterocycles. The molecule has 92 valence electrons. The van der Waals surface area contributed by atoms with Crippen LogP contribution < -0.4 is 10.6 Å². The Hall–Kier alpha value is -2.11. The molecule has 6 heteroatoms. The van der Waals surface area contributed by atoms with E-state index in [1.54, 1.807) is 19.2 Å². The van der Waals surface area contributed by atoms with E-state index in [0.717, 1.165) is 5.56 Å². The Labute approximate surface area is 99.1 Å². The van der Waals surface area contributed by atoms with Gasteiger partial charge in [0.1, 0.15) is 6.04 Å². The first kappa shape index (κ1) is 13.0. The Balaban J connectivity index is 2.61. The summed E-state index contributed by atoms with van der Waals surface area (Å²) in [6, 6.07) is 0.326. The van der Waals surface area contributed by atoms with Gasteiger partial charge in [0.2, 0.25) is 0 Å². The molecular weight excluding hydrogens is 222 g/mol. The van der Waals surface area contributed by atoms with Gasteiger partial charge in [0.15, 0.2) is 0 Å². The van der Waals surface area contributed by atoms with E-state index in [-0.39, 0.29) is 0 Å². The number of hydrogen-bond acceptors (Lipinski definition) is 3. The van der Waals surface area contributed by atoms with Gasteiger partial charge in [-0.15, -0.1) is 0 Å². The fourth-order valence-electron chi connectivity index (χ4n) is 1.25. The molecule has 17 heavy (non-hydrogen) atoms. The first-order valence-corrected chi connectivity index (χ1v) is 5.25. The van der Waals surface area contributed by atoms with Gasteiger partial charge in [0, 0.05) is 6.20 Å². The van der Waals surface area contributed by atoms with E-state index in [0.29, 0.717) is 12.1 Å². The van der Waals surface area contributed by atoms with Crippen LogP contribution in [0.1, 0.15) is 18.9 Å². The number of amides is 2. The summed E-state index contributed by atoms with van der Waals surface area (Å²) < 4.78 is 0. The maximum absolute atomic E-state index is 11.5. The molecule has 0 saturated carbocycles. The minimum absolute atomic E-state index is 0.328. The van der Waals surface area contributed by atoms with Crippen molar-refractivity contribution in [1.82, 2.24) is 10.3 Å². The third-order valence-electron chi connectivity index (χ3n) is 2.30. The van der Waals surface area contributed by atoms with Crippen LogP contribution in [0, 0.1) is 6.92 Å². The van der Waals surface area contributed by atoms with Crippen LogP contribution in [0.25, 0.3) is 0 Å². The second-order valence-electron chi connectivity index (χ2n) is 3.59. The standard InChI is InChI=1S/C11H15N3O3/c1-3-8(10(15)16)13-11(17)14-9-6-12-5-4-7(9)2/h4-6,8H,3H2,1-2H3,(H,15,16)(H2,13,14,17). The Morgan fingerprint density at radius 3 is 2.76 bits per heavy atom. The Morgan fingerprint density at radius 2 is 2.24 bits per heavy atom. The summed E-state index contributed by atoms with van der Waals surface area (Å²) in [6.07, 6.45) is 3.45. The molecule has 0 aliphatic rings. The summed E-state index contributed by atoms with van der Waals surface area (Å²) in [5.41, 5.74) is 1.42. The molecule has 3 N–H and O–H groups in total. The molecule has 0 aliphatic heterocycles. The third kappa shape index (κ3) is 3.75. The molecule has 1 aromatic rings. The number of rotatable bonds is 4. The first-order valence-electron chi connectivity index (χ1n) is 5.25. The van der Waals surface area contributed by atoms with Gasteiger partial charge in [0.25, 0.3) is 0 Å². The van der Waals surface area contributed by atoms with Gasteiger partial charge in [-0.25, -0.2) is 9.59 Å². The highest BCUT2D eigenvalue weighted by molar-refractivity contribution is 5.92. The number of aliphatic carboxylic acids is 1. The maximum Gasteiger partial charge on any atom is 0.326 e. The van der Waals surface area contributed by atoms with Crippen LogP contribution >= 0.6 is 0 Å². The smallest absolute Gasteiger partial charge is 0.326 e. The topological polar surface area (TPSA) is 91.3 Å². The van der Waals surface area contributed by atoms with E-state index < -0.39 is 18.0 Å². The highest BCUT2D eigenvalue weighted by atomic mass is 16.4. The minimum atomic E-state index is -1.05. The highest BCUT2D eigenvalue weighted by Crippen LogP contribution is 2.10. The first-order chi connectivity index (χ1) is 8.04. The number of nitrogens with one attached hydrogen (secondary N) is 2. The predicted octanol–water partition coefficient (Wildman–Crippen LogP) is 1.37. The SMILES string of the molecule is CCC(NC(=O)Nc1cnccc1C)C(=O)O. The normalized spacial score (nSPS) is 11.6. The lowest BCUT2D eigenvalue weighted by atomic mass is 10.2. The lowest BCUT2D eigenvalue weighted by molar-refractivity contribution is -0.139. The number of nitrogens with zero attached hydrogens (tertiary/aromatic N) is 1. The Kier molecular flexibility index (Phi) is 4.45. The number of pyridine rings is 1. The summed E-state index contributed by atoms with van der Waals surface area (Å²) in [5, 5.41) is 13.7. The molecule has 0 spiro atoms. The zero-order chi connectivity index (χ0) is 12.8. The molecule has 6 nitrogen and oxygen atoms in total. The van der Waals surface area contributed by atoms with Gasteiger partial charge in [0.05, 0.1) is 11.9 Å². The molecule has 0 aliphatic carbocycles. The number of hydrogen-bond donors (Lipinski definition) is 3. The van der Waals surface area contributed by atoms with E-state index in [4.69, 9.17) is 5.11 Å². The lowest BCUT2D eigenvalue weighted by Crippen LogP contribution is -2.42. The van der Waals surface area contributed by atoms with Crippen LogP contribution in [-0.4, -0.2) is 28.1 Å². The van der Waals surface area contributed by atoms with Crippen LogP contribution in [0.3, 0.4) is 0 Å². The molecular formula is C11H15N3O3. The second-order valence-corrected chi connectivity index (χ2v) is 3.59. The van der Waals surface area contributed by atoms with E-state index in [1.165, 1.54) is 6.20 Å². The van der Waals surface area contributed by atoms with Gasteiger partial charge in [-0.3, -0.25) is 4.98 Å². The van der Waals surface area contributed by atoms with Crippen molar-refractivity contribution in [2.75, 3.05) is 5.32 Å².